The Hall–Kier alpha value is -2.35. The minimum absolute atomic E-state index is 0.179. The number of hydrogen-bond acceptors (Lipinski definition) is 3. The standard InChI is InChI=1S/C25H26BCl3O3.C25H46N/c1-16-5-8-19(13-22(16)27)25(11-4-12-32-26(30)31,20-9-6-17(2)23(28)14-20)21-10-7-18(3)24(29)15-21;1-4-5-6-7-8-9-10-11-12-13-14-15-16-20-23-26(2,3)24-25-21-18-17-19-22-25/h5-10,13-15,30-31H,4,11-12H2,1-3H3;17-19,21-22H,4-16,20,23-24H2,1-3H3/q;+1. The predicted molar refractivity (Wildman–Crippen MR) is 251 cm³/mol. The second kappa shape index (κ2) is 26.8. The summed E-state index contributed by atoms with van der Waals surface area (Å²) in [4.78, 5) is 0. The van der Waals surface area contributed by atoms with Crippen molar-refractivity contribution in [1.82, 2.24) is 0 Å². The summed E-state index contributed by atoms with van der Waals surface area (Å²) < 4.78 is 6.12. The van der Waals surface area contributed by atoms with Crippen LogP contribution in [0.2, 0.25) is 15.1 Å². The Balaban J connectivity index is 0.000000318. The van der Waals surface area contributed by atoms with Crippen molar-refractivity contribution in [3.05, 3.63) is 139 Å². The summed E-state index contributed by atoms with van der Waals surface area (Å²) in [7, 11) is 2.94. The molecule has 0 aromatic heterocycles. The van der Waals surface area contributed by atoms with E-state index in [4.69, 9.17) is 49.5 Å². The van der Waals surface area contributed by atoms with Gasteiger partial charge in [-0.05, 0) is 98.0 Å². The summed E-state index contributed by atoms with van der Waals surface area (Å²) in [6.07, 6.45) is 21.3. The fraction of sp³-hybridized carbons (Fsp3) is 0.520. The summed E-state index contributed by atoms with van der Waals surface area (Å²) in [5.74, 6) is 0. The van der Waals surface area contributed by atoms with Gasteiger partial charge in [0, 0.05) is 32.7 Å². The summed E-state index contributed by atoms with van der Waals surface area (Å²) in [5, 5.41) is 20.2. The first-order valence-electron chi connectivity index (χ1n) is 21.9. The smallest absolute Gasteiger partial charge is 0.402 e. The number of quaternary nitrogens is 1. The van der Waals surface area contributed by atoms with Gasteiger partial charge < -0.3 is 19.2 Å². The molecule has 0 aliphatic carbocycles. The number of nitrogens with zero attached hydrogens (tertiary/aromatic N) is 1. The fourth-order valence-corrected chi connectivity index (χ4v) is 8.47. The molecule has 0 radical (unpaired) electrons. The van der Waals surface area contributed by atoms with Crippen LogP contribution in [0.3, 0.4) is 0 Å². The number of halogens is 3. The van der Waals surface area contributed by atoms with Gasteiger partial charge in [0.2, 0.25) is 0 Å². The van der Waals surface area contributed by atoms with E-state index in [0.29, 0.717) is 27.9 Å². The Kier molecular flexibility index (Phi) is 23.1. The normalized spacial score (nSPS) is 11.7. The highest BCUT2D eigenvalue weighted by Crippen LogP contribution is 2.46. The van der Waals surface area contributed by atoms with Crippen LogP contribution in [0.4, 0.5) is 0 Å². The summed E-state index contributed by atoms with van der Waals surface area (Å²) in [6.45, 7) is 10.8. The number of hydrogen-bond donors (Lipinski definition) is 2. The lowest BCUT2D eigenvalue weighted by atomic mass is 9.66. The molecule has 318 valence electrons. The van der Waals surface area contributed by atoms with Gasteiger partial charge in [0.15, 0.2) is 0 Å². The van der Waals surface area contributed by atoms with Gasteiger partial charge in [-0.1, -0.05) is 186 Å². The average Bonchev–Trinajstić information content (AvgIpc) is 3.19. The van der Waals surface area contributed by atoms with Crippen molar-refractivity contribution < 1.29 is 19.2 Å². The van der Waals surface area contributed by atoms with Crippen molar-refractivity contribution in [2.45, 2.75) is 142 Å². The Bertz CT molecular complexity index is 1620. The molecule has 58 heavy (non-hydrogen) atoms. The highest BCUT2D eigenvalue weighted by atomic mass is 35.5. The molecule has 0 amide bonds. The van der Waals surface area contributed by atoms with Gasteiger partial charge in [0.25, 0.3) is 0 Å². The molecule has 0 spiro atoms. The third-order valence-electron chi connectivity index (χ3n) is 11.5. The first-order chi connectivity index (χ1) is 27.8. The number of aryl methyl sites for hydroxylation is 3. The number of benzene rings is 4. The van der Waals surface area contributed by atoms with Crippen LogP contribution in [0.15, 0.2) is 84.9 Å². The van der Waals surface area contributed by atoms with Crippen molar-refractivity contribution in [3.8, 4) is 0 Å². The summed E-state index contributed by atoms with van der Waals surface area (Å²) in [6, 6.07) is 29.1. The van der Waals surface area contributed by atoms with E-state index in [9.17, 15) is 0 Å². The SMILES string of the molecule is CCCCCCCCCCCCCCCC[N+](C)(C)Cc1ccccc1.Cc1ccc(C(CCCOB(O)O)(c2ccc(C)c(Cl)c2)c2ccc(C)c(Cl)c2)cc1Cl. The molecule has 0 aliphatic rings. The van der Waals surface area contributed by atoms with E-state index >= 15 is 0 Å². The summed E-state index contributed by atoms with van der Waals surface area (Å²) >= 11 is 19.7. The van der Waals surface area contributed by atoms with Crippen LogP contribution in [0, 0.1) is 20.8 Å². The maximum Gasteiger partial charge on any atom is 0.633 e. The molecule has 4 rings (SSSR count). The molecular weight excluding hydrogens is 780 g/mol. The number of rotatable bonds is 25. The zero-order valence-electron chi connectivity index (χ0n) is 36.5. The fourth-order valence-electron chi connectivity index (χ4n) is 7.93. The van der Waals surface area contributed by atoms with E-state index in [-0.39, 0.29) is 6.61 Å². The lowest BCUT2D eigenvalue weighted by molar-refractivity contribution is -0.903. The molecule has 4 aromatic rings. The van der Waals surface area contributed by atoms with Crippen LogP contribution in [0.25, 0.3) is 0 Å². The molecule has 4 aromatic carbocycles. The Morgan fingerprint density at radius 1 is 0.552 bits per heavy atom. The van der Waals surface area contributed by atoms with E-state index in [1.807, 2.05) is 57.2 Å². The Morgan fingerprint density at radius 2 is 0.948 bits per heavy atom. The Labute approximate surface area is 368 Å². The van der Waals surface area contributed by atoms with Crippen molar-refractivity contribution in [3.63, 3.8) is 0 Å². The molecule has 0 bridgehead atoms. The topological polar surface area (TPSA) is 49.7 Å². The molecule has 4 nitrogen and oxygen atoms in total. The maximum atomic E-state index is 9.11. The molecule has 2 N–H and O–H groups in total. The van der Waals surface area contributed by atoms with Gasteiger partial charge in [0.05, 0.1) is 20.6 Å². The minimum Gasteiger partial charge on any atom is -0.402 e. The largest absolute Gasteiger partial charge is 0.633 e. The second-order valence-corrected chi connectivity index (χ2v) is 18.2. The molecule has 0 heterocycles. The lowest BCUT2D eigenvalue weighted by Crippen LogP contribution is -2.39. The highest BCUT2D eigenvalue weighted by Gasteiger charge is 2.37. The molecule has 0 unspecified atom stereocenters. The highest BCUT2D eigenvalue weighted by molar-refractivity contribution is 6.32. The Morgan fingerprint density at radius 3 is 1.33 bits per heavy atom. The quantitative estimate of drug-likeness (QED) is 0.0302. The molecule has 0 atom stereocenters. The van der Waals surface area contributed by atoms with Crippen LogP contribution in [0.5, 0.6) is 0 Å². The molecule has 8 heteroatoms. The van der Waals surface area contributed by atoms with Crippen LogP contribution in [-0.2, 0) is 16.6 Å². The van der Waals surface area contributed by atoms with Gasteiger partial charge >= 0.3 is 7.32 Å². The monoisotopic (exact) mass is 850 g/mol. The van der Waals surface area contributed by atoms with E-state index in [1.165, 1.54) is 102 Å². The van der Waals surface area contributed by atoms with Gasteiger partial charge in [-0.25, -0.2) is 0 Å². The van der Waals surface area contributed by atoms with Crippen LogP contribution < -0.4 is 0 Å². The van der Waals surface area contributed by atoms with Crippen molar-refractivity contribution in [2.24, 2.45) is 0 Å². The van der Waals surface area contributed by atoms with Crippen molar-refractivity contribution in [1.29, 1.82) is 0 Å². The van der Waals surface area contributed by atoms with Gasteiger partial charge in [-0.3, -0.25) is 0 Å². The first-order valence-corrected chi connectivity index (χ1v) is 23.1. The van der Waals surface area contributed by atoms with E-state index in [1.54, 1.807) is 0 Å². The molecular formula is C50H72BCl3NO3+. The van der Waals surface area contributed by atoms with Gasteiger partial charge in [-0.2, -0.15) is 0 Å². The maximum absolute atomic E-state index is 9.11. The van der Waals surface area contributed by atoms with Crippen LogP contribution in [0.1, 0.15) is 149 Å². The first kappa shape index (κ1) is 50.0. The van der Waals surface area contributed by atoms with Gasteiger partial charge in [-0.15, -0.1) is 0 Å². The second-order valence-electron chi connectivity index (χ2n) is 17.0. The van der Waals surface area contributed by atoms with E-state index in [2.05, 4.69) is 69.6 Å². The van der Waals surface area contributed by atoms with Gasteiger partial charge in [0.1, 0.15) is 6.54 Å². The minimum atomic E-state index is -1.80. The van der Waals surface area contributed by atoms with Crippen molar-refractivity contribution in [2.75, 3.05) is 27.2 Å². The van der Waals surface area contributed by atoms with Crippen LogP contribution >= 0.6 is 34.8 Å². The summed E-state index contributed by atoms with van der Waals surface area (Å²) in [5.41, 5.74) is 6.78. The zero-order valence-corrected chi connectivity index (χ0v) is 38.7. The third-order valence-corrected chi connectivity index (χ3v) is 12.7. The molecule has 0 saturated heterocycles. The zero-order chi connectivity index (χ0) is 42.4. The van der Waals surface area contributed by atoms with Crippen LogP contribution in [-0.4, -0.2) is 49.1 Å². The van der Waals surface area contributed by atoms with Crippen molar-refractivity contribution >= 4 is 42.1 Å². The lowest BCUT2D eigenvalue weighted by Gasteiger charge is -2.37. The molecule has 0 saturated carbocycles. The third kappa shape index (κ3) is 17.3. The van der Waals surface area contributed by atoms with E-state index < -0.39 is 12.7 Å². The predicted octanol–water partition coefficient (Wildman–Crippen LogP) is 14.4. The average molecular weight is 852 g/mol. The van der Waals surface area contributed by atoms with E-state index in [0.717, 1.165) is 44.4 Å². The molecule has 0 fully saturated rings. The molecule has 0 aliphatic heterocycles. The number of unbranched alkanes of at least 4 members (excludes halogenated alkanes) is 13.